The van der Waals surface area contributed by atoms with Gasteiger partial charge in [-0.1, -0.05) is 12.1 Å². The van der Waals surface area contributed by atoms with E-state index in [9.17, 15) is 24.9 Å². The van der Waals surface area contributed by atoms with E-state index in [1.807, 2.05) is 0 Å². The number of nitrogens with zero attached hydrogens (tertiary/aromatic N) is 2. The number of non-ortho nitro benzene ring substituents is 1. The van der Waals surface area contributed by atoms with E-state index in [1.165, 1.54) is 18.2 Å². The first-order chi connectivity index (χ1) is 9.00. The molecule has 0 unspecified atom stereocenters. The minimum Gasteiger partial charge on any atom is -0.278 e. The number of amides is 2. The van der Waals surface area contributed by atoms with Gasteiger partial charge in [-0.2, -0.15) is 0 Å². The van der Waals surface area contributed by atoms with Gasteiger partial charge < -0.3 is 0 Å². The Hall–Kier alpha value is -2.80. The number of carbonyl (C=O) groups is 2. The van der Waals surface area contributed by atoms with E-state index < -0.39 is 16.7 Å². The standard InChI is InChI=1S/C12H6N2O5/c15-11-8-3-1-2-6-4-7(14(18)19)5-9(10(6)8)12(16)13(11)17/h1-5,17H. The molecule has 1 N–H and O–H groups in total. The Morgan fingerprint density at radius 1 is 1.11 bits per heavy atom. The van der Waals surface area contributed by atoms with Crippen molar-refractivity contribution < 1.29 is 19.7 Å². The molecule has 19 heavy (non-hydrogen) atoms. The summed E-state index contributed by atoms with van der Waals surface area (Å²) in [7, 11) is 0. The number of imide groups is 1. The van der Waals surface area contributed by atoms with Crippen LogP contribution in [0.25, 0.3) is 10.8 Å². The van der Waals surface area contributed by atoms with E-state index >= 15 is 0 Å². The van der Waals surface area contributed by atoms with Gasteiger partial charge in [0, 0.05) is 17.5 Å². The Balaban J connectivity index is 2.48. The number of nitro groups is 1. The molecule has 0 aliphatic carbocycles. The highest BCUT2D eigenvalue weighted by Gasteiger charge is 2.33. The van der Waals surface area contributed by atoms with E-state index in [0.29, 0.717) is 10.8 Å². The Bertz CT molecular complexity index is 768. The molecule has 0 aromatic heterocycles. The highest BCUT2D eigenvalue weighted by molar-refractivity contribution is 6.25. The molecule has 3 rings (SSSR count). The van der Waals surface area contributed by atoms with Gasteiger partial charge in [0.15, 0.2) is 0 Å². The third-order valence-corrected chi connectivity index (χ3v) is 3.02. The monoisotopic (exact) mass is 258 g/mol. The van der Waals surface area contributed by atoms with Gasteiger partial charge in [-0.05, 0) is 11.5 Å². The molecule has 0 saturated carbocycles. The summed E-state index contributed by atoms with van der Waals surface area (Å²) in [5, 5.41) is 21.0. The molecule has 7 nitrogen and oxygen atoms in total. The van der Waals surface area contributed by atoms with E-state index in [4.69, 9.17) is 0 Å². The van der Waals surface area contributed by atoms with Crippen LogP contribution in [0.15, 0.2) is 30.3 Å². The molecule has 2 aromatic carbocycles. The third kappa shape index (κ3) is 1.42. The van der Waals surface area contributed by atoms with Crippen molar-refractivity contribution in [2.75, 3.05) is 0 Å². The van der Waals surface area contributed by atoms with Crippen LogP contribution in [0.3, 0.4) is 0 Å². The number of rotatable bonds is 1. The molecule has 94 valence electrons. The van der Waals surface area contributed by atoms with Crippen molar-refractivity contribution in [3.63, 3.8) is 0 Å². The first-order valence-electron chi connectivity index (χ1n) is 5.29. The summed E-state index contributed by atoms with van der Waals surface area (Å²) in [5.74, 6) is -1.80. The summed E-state index contributed by atoms with van der Waals surface area (Å²) in [5.41, 5.74) is -0.179. The highest BCUT2D eigenvalue weighted by atomic mass is 16.6. The number of hydrogen-bond donors (Lipinski definition) is 1. The van der Waals surface area contributed by atoms with Crippen LogP contribution >= 0.6 is 0 Å². The zero-order valence-corrected chi connectivity index (χ0v) is 9.36. The Morgan fingerprint density at radius 3 is 2.47 bits per heavy atom. The van der Waals surface area contributed by atoms with Gasteiger partial charge in [0.05, 0.1) is 16.1 Å². The van der Waals surface area contributed by atoms with Gasteiger partial charge >= 0.3 is 0 Å². The molecule has 0 fully saturated rings. The summed E-state index contributed by atoms with van der Waals surface area (Å²) in [4.78, 5) is 33.8. The smallest absolute Gasteiger partial charge is 0.278 e. The quantitative estimate of drug-likeness (QED) is 0.363. The van der Waals surface area contributed by atoms with Crippen molar-refractivity contribution >= 4 is 28.3 Å². The Labute approximate surface area is 105 Å². The molecule has 1 aliphatic heterocycles. The average Bonchev–Trinajstić information content (AvgIpc) is 2.41. The summed E-state index contributed by atoms with van der Waals surface area (Å²) >= 11 is 0. The topological polar surface area (TPSA) is 101 Å². The van der Waals surface area contributed by atoms with Crippen molar-refractivity contribution in [1.29, 1.82) is 0 Å². The number of benzene rings is 2. The molecule has 0 spiro atoms. The van der Waals surface area contributed by atoms with Crippen LogP contribution in [-0.4, -0.2) is 27.0 Å². The van der Waals surface area contributed by atoms with Crippen molar-refractivity contribution in [2.45, 2.75) is 0 Å². The predicted octanol–water partition coefficient (Wildman–Crippen LogP) is 1.73. The van der Waals surface area contributed by atoms with Crippen LogP contribution in [0.4, 0.5) is 5.69 Å². The van der Waals surface area contributed by atoms with Gasteiger partial charge in [-0.15, -0.1) is 5.06 Å². The van der Waals surface area contributed by atoms with E-state index in [2.05, 4.69) is 0 Å². The summed E-state index contributed by atoms with van der Waals surface area (Å²) in [6, 6.07) is 6.91. The van der Waals surface area contributed by atoms with Gasteiger partial charge in [0.25, 0.3) is 17.5 Å². The van der Waals surface area contributed by atoms with Crippen LogP contribution in [-0.2, 0) is 0 Å². The fraction of sp³-hybridized carbons (Fsp3) is 0. The van der Waals surface area contributed by atoms with E-state index in [1.54, 1.807) is 6.07 Å². The molecule has 2 amide bonds. The molecular weight excluding hydrogens is 252 g/mol. The maximum Gasteiger partial charge on any atom is 0.285 e. The van der Waals surface area contributed by atoms with Crippen molar-refractivity contribution in [3.8, 4) is 0 Å². The number of hydroxylamine groups is 2. The fourth-order valence-electron chi connectivity index (χ4n) is 2.18. The second-order valence-electron chi connectivity index (χ2n) is 4.08. The van der Waals surface area contributed by atoms with Gasteiger partial charge in [0.2, 0.25) is 0 Å². The van der Waals surface area contributed by atoms with Gasteiger partial charge in [0.1, 0.15) is 0 Å². The molecule has 0 saturated heterocycles. The predicted molar refractivity (Wildman–Crippen MR) is 62.9 cm³/mol. The Kier molecular flexibility index (Phi) is 2.14. The zero-order valence-electron chi connectivity index (χ0n) is 9.36. The van der Waals surface area contributed by atoms with Crippen LogP contribution < -0.4 is 0 Å². The Morgan fingerprint density at radius 2 is 1.79 bits per heavy atom. The molecule has 1 aliphatic rings. The highest BCUT2D eigenvalue weighted by Crippen LogP contribution is 2.32. The lowest BCUT2D eigenvalue weighted by Crippen LogP contribution is -2.37. The first-order valence-corrected chi connectivity index (χ1v) is 5.29. The lowest BCUT2D eigenvalue weighted by molar-refractivity contribution is -0.384. The first kappa shape index (κ1) is 11.3. The molecular formula is C12H6N2O5. The van der Waals surface area contributed by atoms with E-state index in [0.717, 1.165) is 6.07 Å². The molecule has 0 atom stereocenters. The van der Waals surface area contributed by atoms with Crippen LogP contribution in [0.5, 0.6) is 0 Å². The van der Waals surface area contributed by atoms with Crippen LogP contribution in [0.2, 0.25) is 0 Å². The molecule has 2 aromatic rings. The minimum absolute atomic E-state index is 0.0270. The average molecular weight is 258 g/mol. The second kappa shape index (κ2) is 3.59. The summed E-state index contributed by atoms with van der Waals surface area (Å²) < 4.78 is 0. The molecule has 0 bridgehead atoms. The molecule has 0 radical (unpaired) electrons. The maximum absolute atomic E-state index is 11.8. The summed E-state index contributed by atoms with van der Waals surface area (Å²) in [6.45, 7) is 0. The fourth-order valence-corrected chi connectivity index (χ4v) is 2.18. The van der Waals surface area contributed by atoms with Gasteiger partial charge in [-0.25, -0.2) is 0 Å². The minimum atomic E-state index is -0.961. The second-order valence-corrected chi connectivity index (χ2v) is 4.08. The van der Waals surface area contributed by atoms with Gasteiger partial charge in [-0.3, -0.25) is 24.9 Å². The maximum atomic E-state index is 11.8. The third-order valence-electron chi connectivity index (χ3n) is 3.02. The van der Waals surface area contributed by atoms with Crippen LogP contribution in [0, 0.1) is 10.1 Å². The number of hydrogen-bond acceptors (Lipinski definition) is 5. The van der Waals surface area contributed by atoms with Crippen molar-refractivity contribution in [1.82, 2.24) is 5.06 Å². The summed E-state index contributed by atoms with van der Waals surface area (Å²) in [6.07, 6.45) is 0. The lowest BCUT2D eigenvalue weighted by Gasteiger charge is -2.21. The zero-order chi connectivity index (χ0) is 13.7. The van der Waals surface area contributed by atoms with Crippen molar-refractivity contribution in [3.05, 3.63) is 51.6 Å². The normalized spacial score (nSPS) is 14.1. The number of nitro benzene ring substituents is 1. The number of carbonyl (C=O) groups excluding carboxylic acids is 2. The molecule has 1 heterocycles. The molecule has 7 heteroatoms. The lowest BCUT2D eigenvalue weighted by atomic mass is 9.94. The van der Waals surface area contributed by atoms with Crippen LogP contribution in [0.1, 0.15) is 20.7 Å². The van der Waals surface area contributed by atoms with E-state index in [-0.39, 0.29) is 21.9 Å². The SMILES string of the molecule is O=C1c2cccc3cc([N+](=O)[O-])cc(c23)C(=O)N1O. The van der Waals surface area contributed by atoms with Crippen molar-refractivity contribution in [2.24, 2.45) is 0 Å². The largest absolute Gasteiger partial charge is 0.285 e.